The molecule has 0 aromatic carbocycles. The lowest BCUT2D eigenvalue weighted by Crippen LogP contribution is -2.46. The van der Waals surface area contributed by atoms with Crippen molar-refractivity contribution in [2.24, 2.45) is 0 Å². The first-order valence-corrected chi connectivity index (χ1v) is 7.87. The maximum atomic E-state index is 10.1. The van der Waals surface area contributed by atoms with Gasteiger partial charge in [-0.1, -0.05) is 6.92 Å². The predicted molar refractivity (Wildman–Crippen MR) is 77.6 cm³/mol. The number of hydrogen-bond acceptors (Lipinski definition) is 4. The summed E-state index contributed by atoms with van der Waals surface area (Å²) < 4.78 is 12.3. The summed E-state index contributed by atoms with van der Waals surface area (Å²) in [6.07, 6.45) is 3.65. The summed E-state index contributed by atoms with van der Waals surface area (Å²) in [6.45, 7) is 9.64. The molecular formula is C16H30O4. The van der Waals surface area contributed by atoms with Crippen molar-refractivity contribution in [2.45, 2.75) is 102 Å². The third kappa shape index (κ3) is 2.89. The maximum absolute atomic E-state index is 10.1. The van der Waals surface area contributed by atoms with Crippen LogP contribution in [0, 0.1) is 0 Å². The van der Waals surface area contributed by atoms with E-state index in [0.717, 1.165) is 25.7 Å². The Morgan fingerprint density at radius 1 is 1.20 bits per heavy atom. The van der Waals surface area contributed by atoms with Crippen molar-refractivity contribution < 1.29 is 19.7 Å². The van der Waals surface area contributed by atoms with Crippen LogP contribution in [0.15, 0.2) is 0 Å². The molecule has 0 saturated carbocycles. The molecule has 0 amide bonds. The first-order valence-electron chi connectivity index (χ1n) is 7.87. The zero-order chi connectivity index (χ0) is 15.2. The van der Waals surface area contributed by atoms with Gasteiger partial charge in [-0.3, -0.25) is 0 Å². The Hall–Kier alpha value is -0.160. The van der Waals surface area contributed by atoms with Crippen LogP contribution >= 0.6 is 0 Å². The molecule has 0 aromatic heterocycles. The van der Waals surface area contributed by atoms with Crippen LogP contribution in [-0.4, -0.2) is 45.3 Å². The highest BCUT2D eigenvalue weighted by Gasteiger charge is 2.53. The average molecular weight is 286 g/mol. The topological polar surface area (TPSA) is 58.9 Å². The molecule has 2 heterocycles. The van der Waals surface area contributed by atoms with E-state index < -0.39 is 17.3 Å². The summed E-state index contributed by atoms with van der Waals surface area (Å²) in [5, 5.41) is 20.3. The molecule has 0 aromatic rings. The molecule has 0 unspecified atom stereocenters. The van der Waals surface area contributed by atoms with Crippen LogP contribution in [0.2, 0.25) is 0 Å². The summed E-state index contributed by atoms with van der Waals surface area (Å²) in [7, 11) is 0. The first-order chi connectivity index (χ1) is 9.11. The zero-order valence-electron chi connectivity index (χ0n) is 13.5. The van der Waals surface area contributed by atoms with Gasteiger partial charge in [-0.15, -0.1) is 0 Å². The number of hydrogen-bond donors (Lipinski definition) is 2. The smallest absolute Gasteiger partial charge is 0.0921 e. The molecule has 2 rings (SSSR count). The normalized spacial score (nSPS) is 44.0. The summed E-state index contributed by atoms with van der Waals surface area (Å²) in [6, 6.07) is 0. The van der Waals surface area contributed by atoms with Gasteiger partial charge in [0.05, 0.1) is 35.1 Å². The van der Waals surface area contributed by atoms with Gasteiger partial charge >= 0.3 is 0 Å². The molecule has 2 aliphatic heterocycles. The van der Waals surface area contributed by atoms with Gasteiger partial charge in [0.25, 0.3) is 0 Å². The van der Waals surface area contributed by atoms with Crippen molar-refractivity contribution in [2.75, 3.05) is 0 Å². The second kappa shape index (κ2) is 5.24. The van der Waals surface area contributed by atoms with Gasteiger partial charge < -0.3 is 19.7 Å². The fourth-order valence-electron chi connectivity index (χ4n) is 3.56. The lowest BCUT2D eigenvalue weighted by Gasteiger charge is -2.36. The monoisotopic (exact) mass is 286 g/mol. The minimum Gasteiger partial charge on any atom is -0.390 e. The van der Waals surface area contributed by atoms with E-state index in [1.54, 1.807) is 13.8 Å². The second-order valence-electron chi connectivity index (χ2n) is 7.49. The molecule has 5 atom stereocenters. The predicted octanol–water partition coefficient (Wildman–Crippen LogP) is 2.40. The summed E-state index contributed by atoms with van der Waals surface area (Å²) in [5.41, 5.74) is -1.63. The fraction of sp³-hybridized carbons (Fsp3) is 1.00. The molecule has 0 radical (unpaired) electrons. The molecular weight excluding hydrogens is 256 g/mol. The highest BCUT2D eigenvalue weighted by atomic mass is 16.6. The molecule has 4 nitrogen and oxygen atoms in total. The Balaban J connectivity index is 2.04. The highest BCUT2D eigenvalue weighted by Crippen LogP contribution is 2.45. The number of aliphatic hydroxyl groups excluding tert-OH is 1. The van der Waals surface area contributed by atoms with E-state index in [1.165, 1.54) is 0 Å². The minimum absolute atomic E-state index is 0.000972. The third-order valence-electron chi connectivity index (χ3n) is 5.19. The van der Waals surface area contributed by atoms with E-state index in [2.05, 4.69) is 6.92 Å². The standard InChI is InChI=1S/C16H30O4/c1-6-11(17)15(4)9-8-13(20-15)16(5)10-7-12(19-16)14(2,3)18/h11-13,17-18H,6-10H2,1-5H3/t11-,12-,13+,15-,16+/m1/s1. The van der Waals surface area contributed by atoms with E-state index in [9.17, 15) is 10.2 Å². The van der Waals surface area contributed by atoms with Gasteiger partial charge in [-0.25, -0.2) is 0 Å². The quantitative estimate of drug-likeness (QED) is 0.833. The van der Waals surface area contributed by atoms with E-state index in [4.69, 9.17) is 9.47 Å². The van der Waals surface area contributed by atoms with Gasteiger partial charge in [0.2, 0.25) is 0 Å². The SMILES string of the molecule is CC[C@@H](O)[C@@]1(C)CC[C@@H]([C@]2(C)CC[C@H](C(C)(C)O)O2)O1. The van der Waals surface area contributed by atoms with Crippen molar-refractivity contribution in [1.82, 2.24) is 0 Å². The minimum atomic E-state index is -0.817. The Morgan fingerprint density at radius 2 is 1.85 bits per heavy atom. The summed E-state index contributed by atoms with van der Waals surface area (Å²) in [4.78, 5) is 0. The molecule has 2 fully saturated rings. The zero-order valence-corrected chi connectivity index (χ0v) is 13.5. The highest BCUT2D eigenvalue weighted by molar-refractivity contribution is 5.02. The molecule has 4 heteroatoms. The van der Waals surface area contributed by atoms with E-state index >= 15 is 0 Å². The van der Waals surface area contributed by atoms with Crippen LogP contribution < -0.4 is 0 Å². The average Bonchev–Trinajstić information content (AvgIpc) is 2.93. The molecule has 0 bridgehead atoms. The molecule has 2 aliphatic rings. The van der Waals surface area contributed by atoms with Gasteiger partial charge in [0.1, 0.15) is 0 Å². The van der Waals surface area contributed by atoms with E-state index in [-0.39, 0.29) is 17.8 Å². The van der Waals surface area contributed by atoms with Crippen LogP contribution in [0.25, 0.3) is 0 Å². The molecule has 2 N–H and O–H groups in total. The lowest BCUT2D eigenvalue weighted by molar-refractivity contribution is -0.189. The van der Waals surface area contributed by atoms with E-state index in [1.807, 2.05) is 13.8 Å². The van der Waals surface area contributed by atoms with Crippen LogP contribution in [0.1, 0.15) is 66.7 Å². The van der Waals surface area contributed by atoms with Crippen LogP contribution in [0.5, 0.6) is 0 Å². The van der Waals surface area contributed by atoms with Crippen LogP contribution in [-0.2, 0) is 9.47 Å². The molecule has 20 heavy (non-hydrogen) atoms. The van der Waals surface area contributed by atoms with Crippen molar-refractivity contribution >= 4 is 0 Å². The lowest BCUT2D eigenvalue weighted by atomic mass is 9.90. The number of rotatable bonds is 4. The van der Waals surface area contributed by atoms with Crippen LogP contribution in [0.3, 0.4) is 0 Å². The van der Waals surface area contributed by atoms with Gasteiger partial charge in [-0.2, -0.15) is 0 Å². The van der Waals surface area contributed by atoms with Gasteiger partial charge in [-0.05, 0) is 59.8 Å². The largest absolute Gasteiger partial charge is 0.390 e. The second-order valence-corrected chi connectivity index (χ2v) is 7.49. The van der Waals surface area contributed by atoms with Crippen molar-refractivity contribution in [3.05, 3.63) is 0 Å². The Labute approximate surface area is 122 Å². The molecule has 0 aliphatic carbocycles. The van der Waals surface area contributed by atoms with E-state index in [0.29, 0.717) is 6.42 Å². The third-order valence-corrected chi connectivity index (χ3v) is 5.19. The number of ether oxygens (including phenoxy) is 2. The van der Waals surface area contributed by atoms with Gasteiger partial charge in [0.15, 0.2) is 0 Å². The Morgan fingerprint density at radius 3 is 2.35 bits per heavy atom. The van der Waals surface area contributed by atoms with Crippen LogP contribution in [0.4, 0.5) is 0 Å². The Bertz CT molecular complexity index is 351. The Kier molecular flexibility index (Phi) is 4.25. The molecule has 118 valence electrons. The van der Waals surface area contributed by atoms with Crippen molar-refractivity contribution in [3.63, 3.8) is 0 Å². The fourth-order valence-corrected chi connectivity index (χ4v) is 3.56. The maximum Gasteiger partial charge on any atom is 0.0921 e. The van der Waals surface area contributed by atoms with Crippen molar-refractivity contribution in [1.29, 1.82) is 0 Å². The number of aliphatic hydroxyl groups is 2. The summed E-state index contributed by atoms with van der Waals surface area (Å²) >= 11 is 0. The summed E-state index contributed by atoms with van der Waals surface area (Å²) in [5.74, 6) is 0. The van der Waals surface area contributed by atoms with Gasteiger partial charge in [0, 0.05) is 0 Å². The van der Waals surface area contributed by atoms with Crippen molar-refractivity contribution in [3.8, 4) is 0 Å². The molecule has 0 spiro atoms. The first kappa shape index (κ1) is 16.2. The molecule has 2 saturated heterocycles.